The van der Waals surface area contributed by atoms with Crippen LogP contribution in [0.4, 0.5) is 0 Å². The van der Waals surface area contributed by atoms with E-state index in [-0.39, 0.29) is 0 Å². The van der Waals surface area contributed by atoms with Gasteiger partial charge in [-0.05, 0) is 30.9 Å². The molecule has 3 nitrogen and oxygen atoms in total. The van der Waals surface area contributed by atoms with Crippen molar-refractivity contribution in [2.75, 3.05) is 13.2 Å². The molecule has 1 N–H and O–H groups in total. The van der Waals surface area contributed by atoms with Crippen LogP contribution >= 0.6 is 11.6 Å². The maximum absolute atomic E-state index is 9.59. The van der Waals surface area contributed by atoms with Crippen molar-refractivity contribution < 1.29 is 14.6 Å². The first-order valence-corrected chi connectivity index (χ1v) is 6.67. The molecule has 1 heterocycles. The molecular weight excluding hydrogens is 252 g/mol. The second-order valence-corrected chi connectivity index (χ2v) is 5.40. The molecule has 1 atom stereocenters. The lowest BCUT2D eigenvalue weighted by Gasteiger charge is -2.26. The molecule has 1 unspecified atom stereocenters. The highest BCUT2D eigenvalue weighted by molar-refractivity contribution is 6.32. The summed E-state index contributed by atoms with van der Waals surface area (Å²) < 4.78 is 11.3. The highest BCUT2D eigenvalue weighted by atomic mass is 35.5. The summed E-state index contributed by atoms with van der Waals surface area (Å²) in [5, 5.41) is 10.2. The molecule has 0 saturated carbocycles. The van der Waals surface area contributed by atoms with Gasteiger partial charge in [-0.2, -0.15) is 0 Å². The highest BCUT2D eigenvalue weighted by Gasteiger charge is 2.24. The van der Waals surface area contributed by atoms with Crippen molar-refractivity contribution in [3.63, 3.8) is 0 Å². The van der Waals surface area contributed by atoms with E-state index < -0.39 is 6.10 Å². The lowest BCUT2D eigenvalue weighted by molar-refractivity contribution is 0.168. The molecule has 0 bridgehead atoms. The van der Waals surface area contributed by atoms with Crippen molar-refractivity contribution in [1.82, 2.24) is 0 Å². The molecule has 0 aromatic heterocycles. The first kappa shape index (κ1) is 13.5. The summed E-state index contributed by atoms with van der Waals surface area (Å²) in [4.78, 5) is 0. The monoisotopic (exact) mass is 270 g/mol. The van der Waals surface area contributed by atoms with Crippen molar-refractivity contribution in [1.29, 1.82) is 0 Å². The topological polar surface area (TPSA) is 38.7 Å². The quantitative estimate of drug-likeness (QED) is 0.917. The minimum Gasteiger partial charge on any atom is -0.486 e. The molecule has 2 rings (SSSR count). The molecule has 0 fully saturated rings. The average Bonchev–Trinajstić information content (AvgIpc) is 2.27. The number of ether oxygens (including phenoxy) is 2. The smallest absolute Gasteiger partial charge is 0.180 e. The molecule has 0 aliphatic carbocycles. The van der Waals surface area contributed by atoms with Crippen LogP contribution in [0.15, 0.2) is 6.07 Å². The number of halogens is 1. The fraction of sp³-hybridized carbons (Fsp3) is 0.571. The van der Waals surface area contributed by atoms with Crippen molar-refractivity contribution in [2.24, 2.45) is 0 Å². The molecule has 100 valence electrons. The van der Waals surface area contributed by atoms with Gasteiger partial charge in [-0.25, -0.2) is 0 Å². The fourth-order valence-electron chi connectivity index (χ4n) is 2.36. The van der Waals surface area contributed by atoms with E-state index in [4.69, 9.17) is 21.1 Å². The molecule has 0 saturated heterocycles. The Balaban J connectivity index is 2.56. The van der Waals surface area contributed by atoms with Gasteiger partial charge in [0.15, 0.2) is 11.5 Å². The Morgan fingerprint density at radius 1 is 1.22 bits per heavy atom. The van der Waals surface area contributed by atoms with E-state index in [9.17, 15) is 5.11 Å². The average molecular weight is 271 g/mol. The zero-order valence-corrected chi connectivity index (χ0v) is 11.8. The molecular formula is C14H19ClO3. The Morgan fingerprint density at radius 2 is 1.83 bits per heavy atom. The Kier molecular flexibility index (Phi) is 4.03. The van der Waals surface area contributed by atoms with E-state index in [2.05, 4.69) is 13.8 Å². The lowest BCUT2D eigenvalue weighted by atomic mass is 9.92. The van der Waals surface area contributed by atoms with E-state index in [1.807, 2.05) is 6.07 Å². The van der Waals surface area contributed by atoms with Crippen LogP contribution in [0.3, 0.4) is 0 Å². The van der Waals surface area contributed by atoms with Crippen LogP contribution in [-0.4, -0.2) is 24.4 Å². The summed E-state index contributed by atoms with van der Waals surface area (Å²) in [6.07, 6.45) is 0.172. The van der Waals surface area contributed by atoms with Gasteiger partial charge in [-0.15, -0.1) is 0 Å². The third kappa shape index (κ3) is 2.57. The van der Waals surface area contributed by atoms with Gasteiger partial charge in [-0.1, -0.05) is 25.4 Å². The van der Waals surface area contributed by atoms with Gasteiger partial charge in [0.05, 0.1) is 11.1 Å². The highest BCUT2D eigenvalue weighted by Crippen LogP contribution is 2.45. The first-order chi connectivity index (χ1) is 8.50. The summed E-state index contributed by atoms with van der Waals surface area (Å²) in [5.74, 6) is 1.69. The predicted octanol–water partition coefficient (Wildman–Crippen LogP) is 3.16. The molecule has 1 aromatic rings. The third-order valence-corrected chi connectivity index (χ3v) is 3.26. The Bertz CT molecular complexity index is 441. The van der Waals surface area contributed by atoms with Gasteiger partial charge in [-0.3, -0.25) is 0 Å². The van der Waals surface area contributed by atoms with E-state index in [1.54, 1.807) is 6.92 Å². The molecule has 18 heavy (non-hydrogen) atoms. The number of aliphatic hydroxyl groups is 1. The van der Waals surface area contributed by atoms with Gasteiger partial charge < -0.3 is 14.6 Å². The second-order valence-electron chi connectivity index (χ2n) is 4.99. The van der Waals surface area contributed by atoms with Crippen LogP contribution in [0.5, 0.6) is 11.5 Å². The molecule has 1 aromatic carbocycles. The van der Waals surface area contributed by atoms with Gasteiger partial charge in [0.2, 0.25) is 0 Å². The normalized spacial score (nSPS) is 15.9. The van der Waals surface area contributed by atoms with Crippen LogP contribution in [-0.2, 0) is 6.42 Å². The van der Waals surface area contributed by atoms with Crippen LogP contribution in [0, 0.1) is 0 Å². The van der Waals surface area contributed by atoms with Gasteiger partial charge in [0.1, 0.15) is 13.2 Å². The van der Waals surface area contributed by atoms with Crippen LogP contribution in [0.1, 0.15) is 37.8 Å². The summed E-state index contributed by atoms with van der Waals surface area (Å²) in [7, 11) is 0. The molecule has 0 amide bonds. The van der Waals surface area contributed by atoms with Gasteiger partial charge in [0.25, 0.3) is 0 Å². The standard InChI is InChI=1S/C14H19ClO3/c1-8(2)12-10(6-9(3)16)7-11(15)13-14(12)18-5-4-17-13/h7-9,16H,4-6H2,1-3H3. The first-order valence-electron chi connectivity index (χ1n) is 6.29. The fourth-order valence-corrected chi connectivity index (χ4v) is 2.63. The molecule has 0 radical (unpaired) electrons. The van der Waals surface area contributed by atoms with Gasteiger partial charge >= 0.3 is 0 Å². The summed E-state index contributed by atoms with van der Waals surface area (Å²) in [6.45, 7) is 7.05. The number of fused-ring (bicyclic) bond motifs is 1. The van der Waals surface area contributed by atoms with E-state index in [0.717, 1.165) is 16.9 Å². The van der Waals surface area contributed by atoms with Crippen LogP contribution < -0.4 is 9.47 Å². The minimum absolute atomic E-state index is 0.298. The summed E-state index contributed by atoms with van der Waals surface area (Å²) in [6, 6.07) is 1.89. The maximum atomic E-state index is 9.59. The molecule has 0 spiro atoms. The minimum atomic E-state index is -0.402. The molecule has 1 aliphatic heterocycles. The Morgan fingerprint density at radius 3 is 2.39 bits per heavy atom. The zero-order chi connectivity index (χ0) is 13.3. The van der Waals surface area contributed by atoms with Crippen LogP contribution in [0.25, 0.3) is 0 Å². The Labute approximate surface area is 113 Å². The summed E-state index contributed by atoms with van der Waals surface area (Å²) >= 11 is 6.22. The van der Waals surface area contributed by atoms with Crippen molar-refractivity contribution in [3.05, 3.63) is 22.2 Å². The van der Waals surface area contributed by atoms with E-state index >= 15 is 0 Å². The van der Waals surface area contributed by atoms with Crippen molar-refractivity contribution >= 4 is 11.6 Å². The van der Waals surface area contributed by atoms with E-state index in [1.165, 1.54) is 0 Å². The maximum Gasteiger partial charge on any atom is 0.180 e. The second kappa shape index (κ2) is 5.37. The Hall–Kier alpha value is -0.930. The number of aliphatic hydroxyl groups excluding tert-OH is 1. The molecule has 4 heteroatoms. The van der Waals surface area contributed by atoms with Crippen molar-refractivity contribution in [3.8, 4) is 11.5 Å². The predicted molar refractivity (Wildman–Crippen MR) is 71.9 cm³/mol. The van der Waals surface area contributed by atoms with Gasteiger partial charge in [0, 0.05) is 5.56 Å². The van der Waals surface area contributed by atoms with Crippen LogP contribution in [0.2, 0.25) is 5.02 Å². The zero-order valence-electron chi connectivity index (χ0n) is 11.0. The number of hydrogen-bond donors (Lipinski definition) is 1. The SMILES string of the molecule is CC(O)Cc1cc(Cl)c2c(c1C(C)C)OCCO2. The van der Waals surface area contributed by atoms with Crippen molar-refractivity contribution in [2.45, 2.75) is 39.2 Å². The number of hydrogen-bond acceptors (Lipinski definition) is 3. The third-order valence-electron chi connectivity index (χ3n) is 2.98. The largest absolute Gasteiger partial charge is 0.486 e. The molecule has 1 aliphatic rings. The number of benzene rings is 1. The lowest BCUT2D eigenvalue weighted by Crippen LogP contribution is -2.19. The number of rotatable bonds is 3. The summed E-state index contributed by atoms with van der Waals surface area (Å²) in [5.41, 5.74) is 2.13. The van der Waals surface area contributed by atoms with E-state index in [0.29, 0.717) is 36.3 Å².